The number of nitrogens with one attached hydrogen (secondary N) is 2. The predicted molar refractivity (Wildman–Crippen MR) is 96.6 cm³/mol. The topological polar surface area (TPSA) is 50.4 Å². The maximum Gasteiger partial charge on any atom is 0.407 e. The van der Waals surface area contributed by atoms with Crippen LogP contribution in [0.5, 0.6) is 0 Å². The molecule has 2 unspecified atom stereocenters. The highest BCUT2D eigenvalue weighted by molar-refractivity contribution is 7.20. The predicted octanol–water partition coefficient (Wildman–Crippen LogP) is 5.01. The van der Waals surface area contributed by atoms with Crippen molar-refractivity contribution in [2.24, 2.45) is 5.92 Å². The SMILES string of the molecule is CC(NCC(NC(=O)OC(C)(C)C)C1CC1)c1cc(Cl)sc1Cl. The quantitative estimate of drug-likeness (QED) is 0.731. The Balaban J connectivity index is 1.87. The molecule has 1 aliphatic rings. The summed E-state index contributed by atoms with van der Waals surface area (Å²) in [7, 11) is 0. The van der Waals surface area contributed by atoms with Gasteiger partial charge in [-0.2, -0.15) is 0 Å². The molecule has 0 aliphatic heterocycles. The number of ether oxygens (including phenoxy) is 1. The van der Waals surface area contributed by atoms with E-state index in [1.165, 1.54) is 11.3 Å². The van der Waals surface area contributed by atoms with E-state index in [0.717, 1.165) is 18.4 Å². The van der Waals surface area contributed by atoms with E-state index in [1.54, 1.807) is 0 Å². The Labute approximate surface area is 151 Å². The van der Waals surface area contributed by atoms with E-state index in [4.69, 9.17) is 27.9 Å². The van der Waals surface area contributed by atoms with E-state index < -0.39 is 5.60 Å². The molecule has 1 aromatic rings. The fourth-order valence-corrected chi connectivity index (χ4v) is 4.00. The minimum Gasteiger partial charge on any atom is -0.444 e. The zero-order chi connectivity index (χ0) is 17.2. The second kappa shape index (κ2) is 7.60. The molecule has 130 valence electrons. The molecule has 0 bridgehead atoms. The smallest absolute Gasteiger partial charge is 0.407 e. The van der Waals surface area contributed by atoms with E-state index in [0.29, 0.717) is 21.1 Å². The molecule has 0 saturated heterocycles. The van der Waals surface area contributed by atoms with Crippen molar-refractivity contribution in [3.63, 3.8) is 0 Å². The minimum absolute atomic E-state index is 0.0696. The van der Waals surface area contributed by atoms with Gasteiger partial charge in [-0.1, -0.05) is 23.2 Å². The molecule has 0 aromatic carbocycles. The molecule has 1 fully saturated rings. The van der Waals surface area contributed by atoms with Gasteiger partial charge in [0.1, 0.15) is 5.60 Å². The lowest BCUT2D eigenvalue weighted by Crippen LogP contribution is -2.46. The molecular weight excluding hydrogens is 355 g/mol. The van der Waals surface area contributed by atoms with Crippen molar-refractivity contribution in [3.05, 3.63) is 20.3 Å². The Bertz CT molecular complexity index is 553. The fourth-order valence-electron chi connectivity index (χ4n) is 2.35. The molecule has 1 heterocycles. The normalized spacial score (nSPS) is 17.7. The lowest BCUT2D eigenvalue weighted by atomic mass is 10.1. The van der Waals surface area contributed by atoms with Crippen molar-refractivity contribution in [2.45, 2.75) is 58.2 Å². The largest absolute Gasteiger partial charge is 0.444 e. The molecule has 1 aromatic heterocycles. The lowest BCUT2D eigenvalue weighted by Gasteiger charge is -2.25. The summed E-state index contributed by atoms with van der Waals surface area (Å²) >= 11 is 13.6. The summed E-state index contributed by atoms with van der Waals surface area (Å²) in [6.07, 6.45) is 1.92. The molecule has 2 N–H and O–H groups in total. The van der Waals surface area contributed by atoms with Gasteiger partial charge in [0, 0.05) is 18.6 Å². The van der Waals surface area contributed by atoms with Crippen LogP contribution in [-0.4, -0.2) is 24.3 Å². The van der Waals surface area contributed by atoms with Crippen LogP contribution in [0.2, 0.25) is 8.67 Å². The number of hydrogen-bond acceptors (Lipinski definition) is 4. The van der Waals surface area contributed by atoms with Crippen molar-refractivity contribution in [1.29, 1.82) is 0 Å². The Morgan fingerprint density at radius 1 is 1.43 bits per heavy atom. The monoisotopic (exact) mass is 378 g/mol. The molecule has 4 nitrogen and oxygen atoms in total. The molecule has 2 atom stereocenters. The first kappa shape index (κ1) is 18.8. The van der Waals surface area contributed by atoms with Gasteiger partial charge >= 0.3 is 6.09 Å². The molecule has 0 radical (unpaired) electrons. The van der Waals surface area contributed by atoms with Gasteiger partial charge in [0.05, 0.1) is 8.67 Å². The van der Waals surface area contributed by atoms with Crippen LogP contribution in [0, 0.1) is 5.92 Å². The highest BCUT2D eigenvalue weighted by Crippen LogP contribution is 2.36. The maximum atomic E-state index is 12.0. The number of carbonyl (C=O) groups is 1. The number of carbonyl (C=O) groups excluding carboxylic acids is 1. The second-order valence-corrected chi connectivity index (χ2v) is 9.29. The summed E-state index contributed by atoms with van der Waals surface area (Å²) in [5.41, 5.74) is 0.508. The Morgan fingerprint density at radius 2 is 2.09 bits per heavy atom. The van der Waals surface area contributed by atoms with E-state index in [-0.39, 0.29) is 18.2 Å². The number of thiophene rings is 1. The summed E-state index contributed by atoms with van der Waals surface area (Å²) in [6, 6.07) is 2.03. The third-order valence-electron chi connectivity index (χ3n) is 3.69. The van der Waals surface area contributed by atoms with Gasteiger partial charge in [-0.05, 0) is 58.1 Å². The molecule has 1 amide bonds. The van der Waals surface area contributed by atoms with Crippen molar-refractivity contribution in [3.8, 4) is 0 Å². The van der Waals surface area contributed by atoms with Gasteiger partial charge in [-0.25, -0.2) is 4.79 Å². The Hall–Kier alpha value is -0.490. The van der Waals surface area contributed by atoms with E-state index in [9.17, 15) is 4.79 Å². The summed E-state index contributed by atoms with van der Waals surface area (Å²) in [6.45, 7) is 8.31. The Morgan fingerprint density at radius 3 is 2.57 bits per heavy atom. The summed E-state index contributed by atoms with van der Waals surface area (Å²) < 4.78 is 6.74. The zero-order valence-corrected chi connectivity index (χ0v) is 16.2. The fraction of sp³-hybridized carbons (Fsp3) is 0.688. The van der Waals surface area contributed by atoms with Gasteiger partial charge in [0.15, 0.2) is 0 Å². The van der Waals surface area contributed by atoms with Gasteiger partial charge in [-0.15, -0.1) is 11.3 Å². The minimum atomic E-state index is -0.486. The van der Waals surface area contributed by atoms with Gasteiger partial charge < -0.3 is 15.4 Å². The van der Waals surface area contributed by atoms with Crippen LogP contribution in [0.25, 0.3) is 0 Å². The number of amides is 1. The Kier molecular flexibility index (Phi) is 6.22. The van der Waals surface area contributed by atoms with Crippen LogP contribution in [0.3, 0.4) is 0 Å². The summed E-state index contributed by atoms with van der Waals surface area (Å²) in [5, 5.41) is 6.42. The highest BCUT2D eigenvalue weighted by atomic mass is 35.5. The van der Waals surface area contributed by atoms with Gasteiger partial charge in [-0.3, -0.25) is 0 Å². The van der Waals surface area contributed by atoms with Crippen molar-refractivity contribution in [1.82, 2.24) is 10.6 Å². The maximum absolute atomic E-state index is 12.0. The average molecular weight is 379 g/mol. The van der Waals surface area contributed by atoms with Crippen LogP contribution in [0.1, 0.15) is 52.1 Å². The molecule has 1 saturated carbocycles. The second-order valence-electron chi connectivity index (χ2n) is 7.00. The number of rotatable bonds is 6. The van der Waals surface area contributed by atoms with Crippen LogP contribution in [0.4, 0.5) is 4.79 Å². The van der Waals surface area contributed by atoms with Crippen molar-refractivity contribution >= 4 is 40.6 Å². The standard InChI is InChI=1S/C16H24Cl2N2O2S/c1-9(11-7-13(17)23-14(11)18)19-8-12(10-5-6-10)20-15(21)22-16(2,3)4/h7,9-10,12,19H,5-6,8H2,1-4H3,(H,20,21). The average Bonchev–Trinajstić information content (AvgIpc) is 3.17. The zero-order valence-electron chi connectivity index (χ0n) is 13.9. The highest BCUT2D eigenvalue weighted by Gasteiger charge is 2.33. The molecule has 23 heavy (non-hydrogen) atoms. The van der Waals surface area contributed by atoms with Crippen molar-refractivity contribution < 1.29 is 9.53 Å². The number of hydrogen-bond donors (Lipinski definition) is 2. The lowest BCUT2D eigenvalue weighted by molar-refractivity contribution is 0.0497. The van der Waals surface area contributed by atoms with Gasteiger partial charge in [0.25, 0.3) is 0 Å². The van der Waals surface area contributed by atoms with Crippen LogP contribution < -0.4 is 10.6 Å². The molecule has 7 heteroatoms. The summed E-state index contributed by atoms with van der Waals surface area (Å²) in [5.74, 6) is 0.517. The molecule has 2 rings (SSSR count). The van der Waals surface area contributed by atoms with Crippen LogP contribution in [0.15, 0.2) is 6.07 Å². The van der Waals surface area contributed by atoms with E-state index in [1.807, 2.05) is 33.8 Å². The number of alkyl carbamates (subject to hydrolysis) is 1. The third kappa shape index (κ3) is 6.14. The van der Waals surface area contributed by atoms with Crippen LogP contribution >= 0.6 is 34.5 Å². The van der Waals surface area contributed by atoms with E-state index in [2.05, 4.69) is 10.6 Å². The summed E-state index contributed by atoms with van der Waals surface area (Å²) in [4.78, 5) is 12.0. The molecular formula is C16H24Cl2N2O2S. The molecule has 1 aliphatic carbocycles. The van der Waals surface area contributed by atoms with Gasteiger partial charge in [0.2, 0.25) is 0 Å². The van der Waals surface area contributed by atoms with Crippen LogP contribution in [-0.2, 0) is 4.74 Å². The van der Waals surface area contributed by atoms with E-state index >= 15 is 0 Å². The first-order valence-corrected chi connectivity index (χ1v) is 9.40. The van der Waals surface area contributed by atoms with Crippen molar-refractivity contribution in [2.75, 3.05) is 6.54 Å². The molecule has 0 spiro atoms. The first-order valence-electron chi connectivity index (χ1n) is 7.83. The first-order chi connectivity index (χ1) is 10.7. The third-order valence-corrected chi connectivity index (χ3v) is 5.20. The number of halogens is 2.